The summed E-state index contributed by atoms with van der Waals surface area (Å²) in [6.45, 7) is 0. The number of anilines is 1. The van der Waals surface area contributed by atoms with E-state index in [2.05, 4.69) is 31.1 Å². The Morgan fingerprint density at radius 1 is 1.44 bits per heavy atom. The highest BCUT2D eigenvalue weighted by Gasteiger charge is 2.54. The summed E-state index contributed by atoms with van der Waals surface area (Å²) in [5.41, 5.74) is 1.72. The number of hydrogen-bond acceptors (Lipinski definition) is 11. The molecule has 0 aliphatic carbocycles. The van der Waals surface area contributed by atoms with Gasteiger partial charge in [0.1, 0.15) is 17.1 Å². The molecule has 4 heterocycles. The quantitative estimate of drug-likeness (QED) is 0.173. The maximum absolute atomic E-state index is 12.9. The van der Waals surface area contributed by atoms with Crippen molar-refractivity contribution in [3.63, 3.8) is 0 Å². The number of carboxylic acids is 1. The smallest absolute Gasteiger partial charge is 0.352 e. The van der Waals surface area contributed by atoms with E-state index in [1.807, 2.05) is 0 Å². The average molecular weight is 543 g/mol. The third-order valence-corrected chi connectivity index (χ3v) is 8.24. The molecule has 0 bridgehead atoms. The summed E-state index contributed by atoms with van der Waals surface area (Å²) in [5, 5.41) is 27.7. The van der Waals surface area contributed by atoms with Gasteiger partial charge in [0.15, 0.2) is 5.13 Å². The Bertz CT molecular complexity index is 1230. The summed E-state index contributed by atoms with van der Waals surface area (Å²) in [7, 11) is 1.67. The van der Waals surface area contributed by atoms with Gasteiger partial charge in [-0.05, 0) is 16.0 Å². The molecule has 0 radical (unpaired) electrons. The van der Waals surface area contributed by atoms with E-state index in [-0.39, 0.29) is 27.8 Å². The first kappa shape index (κ1) is 24.2. The van der Waals surface area contributed by atoms with Gasteiger partial charge < -0.3 is 15.7 Å². The van der Waals surface area contributed by atoms with Crippen molar-refractivity contribution in [2.45, 2.75) is 16.6 Å². The van der Waals surface area contributed by atoms with Crippen LogP contribution in [0.4, 0.5) is 5.13 Å². The number of tetrazole rings is 1. The number of thiazole rings is 1. The SMILES string of the molecule is Cn1nnnc1SCC1=C(C(=O)O)N2C(=O)C(NC(=O)C(=CCl)c3csc(NC=O)n3)[C@H]2SC1. The Morgan fingerprint density at radius 2 is 2.24 bits per heavy atom. The zero-order chi connectivity index (χ0) is 24.4. The van der Waals surface area contributed by atoms with E-state index in [1.54, 1.807) is 7.05 Å². The molecule has 1 unspecified atom stereocenters. The monoisotopic (exact) mass is 542 g/mol. The molecule has 2 atom stereocenters. The predicted molar refractivity (Wildman–Crippen MR) is 125 cm³/mol. The molecular weight excluding hydrogens is 528 g/mol. The fourth-order valence-corrected chi connectivity index (χ4v) is 6.46. The number of aromatic nitrogens is 5. The number of amides is 3. The van der Waals surface area contributed by atoms with E-state index in [1.165, 1.54) is 38.5 Å². The van der Waals surface area contributed by atoms with Crippen LogP contribution >= 0.6 is 46.5 Å². The first-order valence-electron chi connectivity index (χ1n) is 9.38. The maximum atomic E-state index is 12.9. The van der Waals surface area contributed by atoms with Gasteiger partial charge in [0, 0.05) is 29.5 Å². The van der Waals surface area contributed by atoms with Crippen LogP contribution in [0.2, 0.25) is 0 Å². The first-order chi connectivity index (χ1) is 16.3. The third kappa shape index (κ3) is 4.53. The van der Waals surface area contributed by atoms with Crippen molar-refractivity contribution in [2.24, 2.45) is 7.05 Å². The molecular formula is C17H15ClN8O5S3. The highest BCUT2D eigenvalue weighted by Crippen LogP contribution is 2.41. The van der Waals surface area contributed by atoms with Gasteiger partial charge in [-0.25, -0.2) is 14.5 Å². The van der Waals surface area contributed by atoms with Crippen molar-refractivity contribution in [3.8, 4) is 0 Å². The summed E-state index contributed by atoms with van der Waals surface area (Å²) in [5.74, 6) is -1.77. The number of hydrogen-bond donors (Lipinski definition) is 3. The third-order valence-electron chi connectivity index (χ3n) is 4.81. The van der Waals surface area contributed by atoms with Crippen LogP contribution in [0.5, 0.6) is 0 Å². The van der Waals surface area contributed by atoms with Crippen LogP contribution in [0.25, 0.3) is 5.57 Å². The molecule has 1 fully saturated rings. The topological polar surface area (TPSA) is 172 Å². The van der Waals surface area contributed by atoms with Gasteiger partial charge in [-0.3, -0.25) is 19.3 Å². The zero-order valence-corrected chi connectivity index (χ0v) is 20.4. The molecule has 2 aromatic rings. The molecule has 2 aliphatic rings. The van der Waals surface area contributed by atoms with Gasteiger partial charge in [-0.15, -0.1) is 28.2 Å². The number of rotatable bonds is 9. The second-order valence-corrected chi connectivity index (χ2v) is 9.94. The Hall–Kier alpha value is -2.95. The minimum absolute atomic E-state index is 0.00676. The lowest BCUT2D eigenvalue weighted by molar-refractivity contribution is -0.150. The largest absolute Gasteiger partial charge is 0.477 e. The molecule has 17 heteroatoms. The molecule has 13 nitrogen and oxygen atoms in total. The zero-order valence-electron chi connectivity index (χ0n) is 17.2. The number of aliphatic carboxylic acids is 1. The van der Waals surface area contributed by atoms with Crippen LogP contribution in [0, 0.1) is 0 Å². The lowest BCUT2D eigenvalue weighted by Gasteiger charge is -2.49. The van der Waals surface area contributed by atoms with Crippen LogP contribution in [0.15, 0.2) is 27.3 Å². The van der Waals surface area contributed by atoms with Crippen molar-refractivity contribution in [1.82, 2.24) is 35.4 Å². The minimum Gasteiger partial charge on any atom is -0.477 e. The molecule has 0 spiro atoms. The molecule has 178 valence electrons. The maximum Gasteiger partial charge on any atom is 0.352 e. The average Bonchev–Trinajstić information content (AvgIpc) is 3.44. The Morgan fingerprint density at radius 3 is 2.88 bits per heavy atom. The number of nitrogens with zero attached hydrogens (tertiary/aromatic N) is 6. The van der Waals surface area contributed by atoms with Gasteiger partial charge in [-0.2, -0.15) is 0 Å². The van der Waals surface area contributed by atoms with Gasteiger partial charge in [0.25, 0.3) is 11.8 Å². The molecule has 3 N–H and O–H groups in total. The number of carbonyl (C=O) groups excluding carboxylic acids is 3. The number of aryl methyl sites for hydroxylation is 1. The van der Waals surface area contributed by atoms with Crippen LogP contribution < -0.4 is 10.6 Å². The van der Waals surface area contributed by atoms with Crippen molar-refractivity contribution in [2.75, 3.05) is 16.8 Å². The molecule has 34 heavy (non-hydrogen) atoms. The molecule has 4 rings (SSSR count). The highest BCUT2D eigenvalue weighted by atomic mass is 35.5. The molecule has 0 saturated carbocycles. The molecule has 2 aromatic heterocycles. The van der Waals surface area contributed by atoms with Gasteiger partial charge in [0.2, 0.25) is 11.6 Å². The van der Waals surface area contributed by atoms with E-state index >= 15 is 0 Å². The summed E-state index contributed by atoms with van der Waals surface area (Å²) in [4.78, 5) is 53.5. The lowest BCUT2D eigenvalue weighted by Crippen LogP contribution is -2.70. The molecule has 1 saturated heterocycles. The number of carbonyl (C=O) groups is 4. The molecule has 2 aliphatic heterocycles. The van der Waals surface area contributed by atoms with Crippen LogP contribution in [-0.2, 0) is 26.2 Å². The predicted octanol–water partition coefficient (Wildman–Crippen LogP) is 0.345. The fraction of sp³-hybridized carbons (Fsp3) is 0.294. The number of fused-ring (bicyclic) bond motifs is 1. The Labute approximate surface area is 209 Å². The standard InChI is InChI=1S/C17H15ClN8O5S3/c1-25-17(22-23-24-25)34-4-7-3-32-14-10(13(29)26(14)11(7)15(30)31)21-12(28)8(2-18)9-5-33-16(20-9)19-6-27/h2,5-6,10,14H,3-4H2,1H3,(H,21,28)(H,30,31)(H,19,20,27)/t10?,14-/m1/s1. The molecule has 3 amide bonds. The summed E-state index contributed by atoms with van der Waals surface area (Å²) in [6.07, 6.45) is 0.457. The molecule has 0 aromatic carbocycles. The van der Waals surface area contributed by atoms with Crippen LogP contribution in [0.1, 0.15) is 5.69 Å². The van der Waals surface area contributed by atoms with Crippen molar-refractivity contribution >= 4 is 81.4 Å². The summed E-state index contributed by atoms with van der Waals surface area (Å²) in [6, 6.07) is -0.929. The fourth-order valence-electron chi connectivity index (χ4n) is 3.24. The van der Waals surface area contributed by atoms with Gasteiger partial charge in [-0.1, -0.05) is 23.4 Å². The van der Waals surface area contributed by atoms with Crippen LogP contribution in [0.3, 0.4) is 0 Å². The summed E-state index contributed by atoms with van der Waals surface area (Å²) >= 11 is 9.53. The lowest BCUT2D eigenvalue weighted by atomic mass is 10.0. The number of nitrogens with one attached hydrogen (secondary N) is 2. The van der Waals surface area contributed by atoms with Crippen LogP contribution in [-0.4, -0.2) is 82.3 Å². The second kappa shape index (κ2) is 10.1. The van der Waals surface area contributed by atoms with E-state index in [9.17, 15) is 24.3 Å². The van der Waals surface area contributed by atoms with Crippen molar-refractivity contribution in [1.29, 1.82) is 0 Å². The van der Waals surface area contributed by atoms with E-state index in [4.69, 9.17) is 11.6 Å². The van der Waals surface area contributed by atoms with Gasteiger partial charge >= 0.3 is 5.97 Å². The van der Waals surface area contributed by atoms with E-state index in [0.29, 0.717) is 22.9 Å². The second-order valence-electron chi connectivity index (χ2n) is 6.81. The van der Waals surface area contributed by atoms with E-state index in [0.717, 1.165) is 16.9 Å². The Balaban J connectivity index is 1.47. The highest BCUT2D eigenvalue weighted by molar-refractivity contribution is 8.01. The summed E-state index contributed by atoms with van der Waals surface area (Å²) < 4.78 is 1.47. The van der Waals surface area contributed by atoms with Crippen molar-refractivity contribution < 1.29 is 24.3 Å². The minimum atomic E-state index is -1.23. The van der Waals surface area contributed by atoms with E-state index < -0.39 is 29.2 Å². The number of halogens is 1. The Kier molecular flexibility index (Phi) is 7.20. The van der Waals surface area contributed by atoms with Crippen molar-refractivity contribution in [3.05, 3.63) is 27.9 Å². The number of carboxylic acid groups (broad SMARTS) is 1. The number of thioether (sulfide) groups is 2. The first-order valence-corrected chi connectivity index (χ1v) is 12.7. The number of β-lactam (4-membered cyclic amide) rings is 1. The normalized spacial score (nSPS) is 20.0. The van der Waals surface area contributed by atoms with Gasteiger partial charge in [0.05, 0.1) is 11.3 Å².